The molecular formula is C9H9NO3S. The summed E-state index contributed by atoms with van der Waals surface area (Å²) in [4.78, 5) is 11.7. The quantitative estimate of drug-likeness (QED) is 0.652. The standard InChI is InChI=1S/C9H9NO3S/c1-6-3-4-7-8(5-6)14(12)10(2)9(11)13-7/h3-5H,1-2H3. The number of benzene rings is 1. The molecule has 1 unspecified atom stereocenters. The SMILES string of the molecule is Cc1ccc2c(c1)S(=O)N(C)C(=O)O2. The van der Waals surface area contributed by atoms with Gasteiger partial charge in [0.2, 0.25) is 0 Å². The van der Waals surface area contributed by atoms with Gasteiger partial charge in [-0.1, -0.05) is 6.07 Å². The second-order valence-electron chi connectivity index (χ2n) is 3.06. The van der Waals surface area contributed by atoms with Gasteiger partial charge in [0, 0.05) is 7.05 Å². The molecular weight excluding hydrogens is 202 g/mol. The van der Waals surface area contributed by atoms with Gasteiger partial charge >= 0.3 is 6.09 Å². The smallest absolute Gasteiger partial charge is 0.408 e. The Kier molecular flexibility index (Phi) is 2.03. The number of nitrogens with zero attached hydrogens (tertiary/aromatic N) is 1. The molecule has 0 saturated carbocycles. The van der Waals surface area contributed by atoms with Crippen molar-refractivity contribution in [1.29, 1.82) is 0 Å². The molecule has 74 valence electrons. The molecule has 1 heterocycles. The lowest BCUT2D eigenvalue weighted by Crippen LogP contribution is -2.35. The van der Waals surface area contributed by atoms with Crippen molar-refractivity contribution in [2.75, 3.05) is 7.05 Å². The molecule has 14 heavy (non-hydrogen) atoms. The summed E-state index contributed by atoms with van der Waals surface area (Å²) in [5.74, 6) is 0.386. The number of carbonyl (C=O) groups is 1. The van der Waals surface area contributed by atoms with E-state index in [4.69, 9.17) is 4.74 Å². The summed E-state index contributed by atoms with van der Waals surface area (Å²) in [6.07, 6.45) is -0.584. The summed E-state index contributed by atoms with van der Waals surface area (Å²) in [6, 6.07) is 5.23. The third kappa shape index (κ3) is 1.29. The topological polar surface area (TPSA) is 46.6 Å². The Balaban J connectivity index is 2.57. The summed E-state index contributed by atoms with van der Waals surface area (Å²) in [5.41, 5.74) is 0.989. The Bertz CT molecular complexity index is 430. The van der Waals surface area contributed by atoms with E-state index in [0.29, 0.717) is 10.6 Å². The van der Waals surface area contributed by atoms with Crippen molar-refractivity contribution in [2.24, 2.45) is 0 Å². The van der Waals surface area contributed by atoms with Crippen molar-refractivity contribution in [2.45, 2.75) is 11.8 Å². The fourth-order valence-corrected chi connectivity index (χ4v) is 2.25. The zero-order chi connectivity index (χ0) is 10.3. The highest BCUT2D eigenvalue weighted by molar-refractivity contribution is 7.83. The number of fused-ring (bicyclic) bond motifs is 1. The molecule has 1 amide bonds. The summed E-state index contributed by atoms with van der Waals surface area (Å²) < 4.78 is 17.8. The van der Waals surface area contributed by atoms with E-state index in [2.05, 4.69) is 0 Å². The average Bonchev–Trinajstić information content (AvgIpc) is 2.16. The highest BCUT2D eigenvalue weighted by Crippen LogP contribution is 2.29. The zero-order valence-corrected chi connectivity index (χ0v) is 8.63. The van der Waals surface area contributed by atoms with E-state index in [9.17, 15) is 9.00 Å². The second kappa shape index (κ2) is 3.09. The first-order valence-corrected chi connectivity index (χ1v) is 5.18. The van der Waals surface area contributed by atoms with E-state index in [1.165, 1.54) is 7.05 Å². The lowest BCUT2D eigenvalue weighted by molar-refractivity contribution is 0.181. The number of amides is 1. The summed E-state index contributed by atoms with van der Waals surface area (Å²) in [6.45, 7) is 1.90. The molecule has 1 atom stereocenters. The number of carbonyl (C=O) groups excluding carboxylic acids is 1. The largest absolute Gasteiger partial charge is 0.427 e. The molecule has 0 radical (unpaired) electrons. The highest BCUT2D eigenvalue weighted by atomic mass is 32.2. The first-order chi connectivity index (χ1) is 6.59. The van der Waals surface area contributed by atoms with Crippen LogP contribution in [0.3, 0.4) is 0 Å². The van der Waals surface area contributed by atoms with Gasteiger partial charge in [0.15, 0.2) is 16.7 Å². The Morgan fingerprint density at radius 1 is 1.43 bits per heavy atom. The molecule has 0 bridgehead atoms. The van der Waals surface area contributed by atoms with Gasteiger partial charge in [-0.3, -0.25) is 0 Å². The second-order valence-corrected chi connectivity index (χ2v) is 4.55. The van der Waals surface area contributed by atoms with Crippen molar-refractivity contribution in [3.05, 3.63) is 23.8 Å². The van der Waals surface area contributed by atoms with Crippen LogP contribution in [0.15, 0.2) is 23.1 Å². The number of aryl methyl sites for hydroxylation is 1. The predicted molar refractivity (Wildman–Crippen MR) is 51.4 cm³/mol. The van der Waals surface area contributed by atoms with Gasteiger partial charge in [-0.25, -0.2) is 13.3 Å². The summed E-state index contributed by atoms with van der Waals surface area (Å²) in [5, 5.41) is 0. The van der Waals surface area contributed by atoms with Crippen LogP contribution in [-0.2, 0) is 11.0 Å². The van der Waals surface area contributed by atoms with Crippen molar-refractivity contribution in [3.8, 4) is 5.75 Å². The molecule has 0 aliphatic carbocycles. The van der Waals surface area contributed by atoms with Crippen LogP contribution in [-0.4, -0.2) is 21.7 Å². The van der Waals surface area contributed by atoms with Crippen molar-refractivity contribution in [1.82, 2.24) is 4.31 Å². The highest BCUT2D eigenvalue weighted by Gasteiger charge is 2.28. The zero-order valence-electron chi connectivity index (χ0n) is 7.81. The van der Waals surface area contributed by atoms with Gasteiger partial charge in [0.1, 0.15) is 4.90 Å². The van der Waals surface area contributed by atoms with E-state index < -0.39 is 17.1 Å². The van der Waals surface area contributed by atoms with Gasteiger partial charge in [0.25, 0.3) is 0 Å². The summed E-state index contributed by atoms with van der Waals surface area (Å²) in [7, 11) is 0.00667. The fourth-order valence-electron chi connectivity index (χ4n) is 1.21. The molecule has 1 aliphatic rings. The van der Waals surface area contributed by atoms with Gasteiger partial charge in [-0.15, -0.1) is 0 Å². The number of ether oxygens (including phenoxy) is 1. The Morgan fingerprint density at radius 3 is 2.86 bits per heavy atom. The van der Waals surface area contributed by atoms with E-state index in [-0.39, 0.29) is 0 Å². The predicted octanol–water partition coefficient (Wildman–Crippen LogP) is 1.46. The van der Waals surface area contributed by atoms with E-state index in [1.54, 1.807) is 12.1 Å². The third-order valence-corrected chi connectivity index (χ3v) is 3.33. The van der Waals surface area contributed by atoms with Crippen LogP contribution in [0.1, 0.15) is 5.56 Å². The minimum absolute atomic E-state index is 0.386. The molecule has 0 N–H and O–H groups in total. The van der Waals surface area contributed by atoms with E-state index >= 15 is 0 Å². The molecule has 0 saturated heterocycles. The Hall–Kier alpha value is -1.36. The van der Waals surface area contributed by atoms with Crippen LogP contribution >= 0.6 is 0 Å². The minimum atomic E-state index is -1.44. The molecule has 1 aromatic rings. The summed E-state index contributed by atoms with van der Waals surface area (Å²) >= 11 is 0. The van der Waals surface area contributed by atoms with Crippen LogP contribution in [0, 0.1) is 6.92 Å². The Morgan fingerprint density at radius 2 is 2.14 bits per heavy atom. The lowest BCUT2D eigenvalue weighted by atomic mass is 10.2. The van der Waals surface area contributed by atoms with Crippen LogP contribution in [0.4, 0.5) is 4.79 Å². The molecule has 4 nitrogen and oxygen atoms in total. The van der Waals surface area contributed by atoms with Gasteiger partial charge in [0.05, 0.1) is 0 Å². The fraction of sp³-hybridized carbons (Fsp3) is 0.222. The molecule has 0 fully saturated rings. The number of rotatable bonds is 0. The third-order valence-electron chi connectivity index (χ3n) is 1.99. The minimum Gasteiger partial charge on any atom is -0.408 e. The van der Waals surface area contributed by atoms with Gasteiger partial charge in [-0.2, -0.15) is 0 Å². The molecule has 0 aromatic heterocycles. The van der Waals surface area contributed by atoms with E-state index in [1.807, 2.05) is 13.0 Å². The molecule has 5 heteroatoms. The first kappa shape index (κ1) is 9.21. The van der Waals surface area contributed by atoms with Crippen molar-refractivity contribution in [3.63, 3.8) is 0 Å². The van der Waals surface area contributed by atoms with Crippen molar-refractivity contribution < 1.29 is 13.7 Å². The molecule has 1 aliphatic heterocycles. The Labute approximate surface area is 84.1 Å². The number of hydrogen-bond donors (Lipinski definition) is 0. The van der Waals surface area contributed by atoms with Crippen LogP contribution in [0.25, 0.3) is 0 Å². The van der Waals surface area contributed by atoms with Gasteiger partial charge < -0.3 is 4.74 Å². The number of hydrogen-bond acceptors (Lipinski definition) is 3. The van der Waals surface area contributed by atoms with E-state index in [0.717, 1.165) is 9.87 Å². The average molecular weight is 211 g/mol. The monoisotopic (exact) mass is 211 g/mol. The first-order valence-electron chi connectivity index (χ1n) is 4.07. The maximum absolute atomic E-state index is 11.7. The van der Waals surface area contributed by atoms with Crippen molar-refractivity contribution >= 4 is 17.1 Å². The molecule has 0 spiro atoms. The maximum Gasteiger partial charge on any atom is 0.427 e. The maximum atomic E-state index is 11.7. The molecule has 1 aromatic carbocycles. The van der Waals surface area contributed by atoms with Gasteiger partial charge in [-0.05, 0) is 24.6 Å². The van der Waals surface area contributed by atoms with Crippen LogP contribution in [0.2, 0.25) is 0 Å². The van der Waals surface area contributed by atoms with Crippen LogP contribution < -0.4 is 4.74 Å². The molecule has 2 rings (SSSR count). The van der Waals surface area contributed by atoms with Crippen LogP contribution in [0.5, 0.6) is 5.75 Å². The lowest BCUT2D eigenvalue weighted by Gasteiger charge is -2.23. The normalized spacial score (nSPS) is 20.3.